The summed E-state index contributed by atoms with van der Waals surface area (Å²) >= 11 is 0. The topological polar surface area (TPSA) is 9.23 Å². The molecule has 0 N–H and O–H groups in total. The Bertz CT molecular complexity index is 251. The summed E-state index contributed by atoms with van der Waals surface area (Å²) in [5, 5.41) is 0.382. The van der Waals surface area contributed by atoms with E-state index in [4.69, 9.17) is 4.43 Å². The molecule has 0 aliphatic heterocycles. The van der Waals surface area contributed by atoms with Gasteiger partial charge in [-0.2, -0.15) is 0 Å². The molecule has 0 amide bonds. The highest BCUT2D eigenvalue weighted by molar-refractivity contribution is 6.81. The van der Waals surface area contributed by atoms with E-state index in [0.29, 0.717) is 10.8 Å². The Kier molecular flexibility index (Phi) is 6.86. The molecule has 3 heteroatoms. The third-order valence-electron chi connectivity index (χ3n) is 5.55. The molecular formula is C15H36OSi2. The van der Waals surface area contributed by atoms with Gasteiger partial charge in [0.1, 0.15) is 0 Å². The van der Waals surface area contributed by atoms with Crippen LogP contribution in [0, 0.1) is 0 Å². The molecule has 0 aromatic rings. The van der Waals surface area contributed by atoms with Gasteiger partial charge in [-0.3, -0.25) is 0 Å². The van der Waals surface area contributed by atoms with Crippen molar-refractivity contribution in [1.29, 1.82) is 0 Å². The summed E-state index contributed by atoms with van der Waals surface area (Å²) in [4.78, 5) is 0. The third kappa shape index (κ3) is 3.94. The lowest BCUT2D eigenvalue weighted by Gasteiger charge is -2.46. The molecule has 110 valence electrons. The van der Waals surface area contributed by atoms with Gasteiger partial charge >= 0.3 is 0 Å². The van der Waals surface area contributed by atoms with Crippen LogP contribution in [0.5, 0.6) is 0 Å². The van der Waals surface area contributed by atoms with Gasteiger partial charge in [0.15, 0.2) is 8.32 Å². The van der Waals surface area contributed by atoms with Gasteiger partial charge < -0.3 is 4.43 Å². The van der Waals surface area contributed by atoms with E-state index in [1.807, 2.05) is 0 Å². The molecule has 2 atom stereocenters. The van der Waals surface area contributed by atoms with E-state index in [9.17, 15) is 0 Å². The van der Waals surface area contributed by atoms with Crippen LogP contribution in [0.3, 0.4) is 0 Å². The maximum absolute atomic E-state index is 6.85. The van der Waals surface area contributed by atoms with Crippen LogP contribution in [0.1, 0.15) is 54.4 Å². The van der Waals surface area contributed by atoms with Crippen LogP contribution < -0.4 is 0 Å². The molecule has 0 fully saturated rings. The molecule has 0 rings (SSSR count). The average molecular weight is 289 g/mol. The highest BCUT2D eigenvalue weighted by Crippen LogP contribution is 2.44. The Morgan fingerprint density at radius 3 is 1.72 bits per heavy atom. The first kappa shape index (κ1) is 18.4. The second kappa shape index (κ2) is 6.71. The summed E-state index contributed by atoms with van der Waals surface area (Å²) in [5.74, 6) is 0. The first-order chi connectivity index (χ1) is 8.10. The van der Waals surface area contributed by atoms with Gasteiger partial charge in [-0.25, -0.2) is 0 Å². The van der Waals surface area contributed by atoms with Crippen molar-refractivity contribution in [2.45, 2.75) is 96.9 Å². The number of hydrogen-bond donors (Lipinski definition) is 0. The van der Waals surface area contributed by atoms with Crippen molar-refractivity contribution < 1.29 is 4.43 Å². The molecule has 0 aliphatic carbocycles. The van der Waals surface area contributed by atoms with E-state index in [2.05, 4.69) is 61.2 Å². The summed E-state index contributed by atoms with van der Waals surface area (Å²) in [7, 11) is -2.84. The average Bonchev–Trinajstić information content (AvgIpc) is 2.34. The van der Waals surface area contributed by atoms with Gasteiger partial charge in [0, 0.05) is 5.73 Å². The zero-order valence-electron chi connectivity index (χ0n) is 14.3. The van der Waals surface area contributed by atoms with Crippen LogP contribution >= 0.6 is 0 Å². The summed E-state index contributed by atoms with van der Waals surface area (Å²) in [6, 6.07) is 2.56. The number of rotatable bonds is 8. The van der Waals surface area contributed by atoms with Gasteiger partial charge in [0.25, 0.3) is 0 Å². The lowest BCUT2D eigenvalue weighted by atomic mass is 10.1. The van der Waals surface area contributed by atoms with Crippen molar-refractivity contribution >= 4 is 16.4 Å². The van der Waals surface area contributed by atoms with Crippen molar-refractivity contribution in [2.75, 3.05) is 0 Å². The fourth-order valence-corrected chi connectivity index (χ4v) is 9.03. The van der Waals surface area contributed by atoms with Crippen molar-refractivity contribution in [3.8, 4) is 0 Å². The molecule has 0 aromatic carbocycles. The van der Waals surface area contributed by atoms with Crippen LogP contribution in [0.15, 0.2) is 0 Å². The lowest BCUT2D eigenvalue weighted by Crippen LogP contribution is -2.53. The van der Waals surface area contributed by atoms with Crippen LogP contribution in [0.2, 0.25) is 36.8 Å². The Labute approximate surface area is 118 Å². The van der Waals surface area contributed by atoms with E-state index in [0.717, 1.165) is 0 Å². The molecule has 0 aliphatic rings. The summed E-state index contributed by atoms with van der Waals surface area (Å²) in [6.45, 7) is 21.6. The van der Waals surface area contributed by atoms with Crippen molar-refractivity contribution in [1.82, 2.24) is 0 Å². The molecule has 0 bridgehead atoms. The van der Waals surface area contributed by atoms with E-state index >= 15 is 0 Å². The van der Waals surface area contributed by atoms with Crippen molar-refractivity contribution in [2.24, 2.45) is 0 Å². The highest BCUT2D eigenvalue weighted by atomic mass is 28.4. The zero-order valence-corrected chi connectivity index (χ0v) is 16.3. The lowest BCUT2D eigenvalue weighted by molar-refractivity contribution is 0.231. The van der Waals surface area contributed by atoms with Crippen molar-refractivity contribution in [3.05, 3.63) is 0 Å². The largest absolute Gasteiger partial charge is 0.417 e. The Morgan fingerprint density at radius 2 is 1.44 bits per heavy atom. The fourth-order valence-electron chi connectivity index (χ4n) is 2.43. The van der Waals surface area contributed by atoms with E-state index in [1.165, 1.54) is 24.9 Å². The number of hydrogen-bond acceptors (Lipinski definition) is 1. The highest BCUT2D eigenvalue weighted by Gasteiger charge is 2.46. The molecule has 2 unspecified atom stereocenters. The first-order valence-electron chi connectivity index (χ1n) is 7.78. The fraction of sp³-hybridized carbons (Fsp3) is 1.00. The summed E-state index contributed by atoms with van der Waals surface area (Å²) in [5.41, 5.74) is 0.546. The standard InChI is InChI=1S/C15H36OSi2/c1-10-14(17(7,8)12-3)16-18(9,13-4)15(5,6)11-2/h14H,10-13H2,1-9H3. The third-order valence-corrected chi connectivity index (χ3v) is 15.2. The molecule has 1 nitrogen and oxygen atoms in total. The Balaban J connectivity index is 5.11. The maximum atomic E-state index is 6.85. The molecule has 0 aromatic heterocycles. The van der Waals surface area contributed by atoms with E-state index < -0.39 is 16.4 Å². The van der Waals surface area contributed by atoms with E-state index in [1.54, 1.807) is 0 Å². The Hall–Kier alpha value is 0.394. The monoisotopic (exact) mass is 288 g/mol. The van der Waals surface area contributed by atoms with Gasteiger partial charge in [-0.05, 0) is 24.1 Å². The minimum absolute atomic E-state index is 0.382. The summed E-state index contributed by atoms with van der Waals surface area (Å²) < 4.78 is 6.85. The molecular weight excluding hydrogens is 252 g/mol. The molecule has 0 saturated heterocycles. The predicted octanol–water partition coefficient (Wildman–Crippen LogP) is 5.83. The van der Waals surface area contributed by atoms with Crippen LogP contribution in [-0.2, 0) is 4.43 Å². The van der Waals surface area contributed by atoms with Gasteiger partial charge in [-0.1, -0.05) is 67.1 Å². The normalized spacial score (nSPS) is 18.5. The smallest absolute Gasteiger partial charge is 0.194 e. The van der Waals surface area contributed by atoms with Crippen LogP contribution in [0.4, 0.5) is 0 Å². The zero-order chi connectivity index (χ0) is 14.6. The second-order valence-electron chi connectivity index (χ2n) is 7.18. The van der Waals surface area contributed by atoms with Gasteiger partial charge in [0.05, 0.1) is 8.07 Å². The Morgan fingerprint density at radius 1 is 0.944 bits per heavy atom. The van der Waals surface area contributed by atoms with Crippen LogP contribution in [-0.4, -0.2) is 22.1 Å². The summed E-state index contributed by atoms with van der Waals surface area (Å²) in [6.07, 6.45) is 2.42. The van der Waals surface area contributed by atoms with Gasteiger partial charge in [-0.15, -0.1) is 0 Å². The maximum Gasteiger partial charge on any atom is 0.194 e. The molecule has 0 saturated carbocycles. The minimum atomic E-state index is -1.63. The van der Waals surface area contributed by atoms with Gasteiger partial charge in [0.2, 0.25) is 0 Å². The van der Waals surface area contributed by atoms with Crippen molar-refractivity contribution in [3.63, 3.8) is 0 Å². The molecule has 0 heterocycles. The minimum Gasteiger partial charge on any atom is -0.417 e. The molecule has 0 spiro atoms. The molecule has 0 radical (unpaired) electrons. The predicted molar refractivity (Wildman–Crippen MR) is 89.6 cm³/mol. The second-order valence-corrected chi connectivity index (χ2v) is 17.3. The SMILES string of the molecule is CCC(O[Si](C)(CC)C(C)(C)CC)[Si](C)(C)CC. The quantitative estimate of drug-likeness (QED) is 0.510. The first-order valence-corrected chi connectivity index (χ1v) is 13.7. The van der Waals surface area contributed by atoms with E-state index in [-0.39, 0.29) is 0 Å². The molecule has 18 heavy (non-hydrogen) atoms. The van der Waals surface area contributed by atoms with Crippen LogP contribution in [0.25, 0.3) is 0 Å².